The van der Waals surface area contributed by atoms with Crippen molar-refractivity contribution < 1.29 is 14.3 Å². The Balaban J connectivity index is 2.30. The van der Waals surface area contributed by atoms with Crippen molar-refractivity contribution in [2.24, 2.45) is 0 Å². The van der Waals surface area contributed by atoms with E-state index in [2.05, 4.69) is 10.1 Å². The maximum Gasteiger partial charge on any atom is 0.396 e. The van der Waals surface area contributed by atoms with Crippen molar-refractivity contribution >= 4 is 23.6 Å². The van der Waals surface area contributed by atoms with Crippen molar-refractivity contribution in [1.82, 2.24) is 5.32 Å². The molecule has 0 aliphatic carbocycles. The standard InChI is InChI=1S/C8H13NO3S/c1-12-8(11)7(10)9-6-2-4-13-5-3-6/h6H,2-5H2,1H3,(H,9,10). The molecule has 1 saturated heterocycles. The van der Waals surface area contributed by atoms with Crippen LogP contribution in [-0.4, -0.2) is 36.5 Å². The van der Waals surface area contributed by atoms with Gasteiger partial charge < -0.3 is 10.1 Å². The fraction of sp³-hybridized carbons (Fsp3) is 0.750. The Labute approximate surface area is 81.4 Å². The number of amides is 1. The predicted molar refractivity (Wildman–Crippen MR) is 50.5 cm³/mol. The molecule has 1 amide bonds. The third-order valence-corrected chi connectivity index (χ3v) is 2.98. The molecule has 0 bridgehead atoms. The van der Waals surface area contributed by atoms with E-state index in [9.17, 15) is 9.59 Å². The lowest BCUT2D eigenvalue weighted by Gasteiger charge is -2.21. The van der Waals surface area contributed by atoms with Crippen LogP contribution in [-0.2, 0) is 14.3 Å². The molecule has 0 atom stereocenters. The summed E-state index contributed by atoms with van der Waals surface area (Å²) in [5, 5.41) is 2.64. The zero-order chi connectivity index (χ0) is 9.68. The summed E-state index contributed by atoms with van der Waals surface area (Å²) >= 11 is 1.87. The van der Waals surface area contributed by atoms with Crippen LogP contribution in [0.15, 0.2) is 0 Å². The van der Waals surface area contributed by atoms with Gasteiger partial charge in [-0.2, -0.15) is 11.8 Å². The third-order valence-electron chi connectivity index (χ3n) is 1.93. The molecule has 0 aromatic heterocycles. The Morgan fingerprint density at radius 3 is 2.54 bits per heavy atom. The second-order valence-electron chi connectivity index (χ2n) is 2.85. The molecule has 4 nitrogen and oxygen atoms in total. The van der Waals surface area contributed by atoms with Crippen molar-refractivity contribution in [1.29, 1.82) is 0 Å². The van der Waals surface area contributed by atoms with E-state index in [1.807, 2.05) is 11.8 Å². The fourth-order valence-electron chi connectivity index (χ4n) is 1.18. The number of hydrogen-bond donors (Lipinski definition) is 1. The molecular formula is C8H13NO3S. The monoisotopic (exact) mass is 203 g/mol. The van der Waals surface area contributed by atoms with Crippen LogP contribution < -0.4 is 5.32 Å². The molecule has 5 heteroatoms. The van der Waals surface area contributed by atoms with E-state index in [-0.39, 0.29) is 6.04 Å². The van der Waals surface area contributed by atoms with Crippen LogP contribution in [0.1, 0.15) is 12.8 Å². The van der Waals surface area contributed by atoms with Gasteiger partial charge >= 0.3 is 11.9 Å². The lowest BCUT2D eigenvalue weighted by molar-refractivity contribution is -0.153. The number of esters is 1. The molecule has 1 rings (SSSR count). The molecule has 1 aliphatic rings. The fourth-order valence-corrected chi connectivity index (χ4v) is 2.29. The number of thioether (sulfide) groups is 1. The maximum atomic E-state index is 11.0. The molecule has 0 radical (unpaired) electrons. The summed E-state index contributed by atoms with van der Waals surface area (Å²) in [6.07, 6.45) is 1.88. The highest BCUT2D eigenvalue weighted by atomic mass is 32.2. The quantitative estimate of drug-likeness (QED) is 0.487. The summed E-state index contributed by atoms with van der Waals surface area (Å²) in [6, 6.07) is 0.146. The highest BCUT2D eigenvalue weighted by molar-refractivity contribution is 7.99. The van der Waals surface area contributed by atoms with Crippen molar-refractivity contribution in [3.63, 3.8) is 0 Å². The third kappa shape index (κ3) is 3.26. The molecular weight excluding hydrogens is 190 g/mol. The van der Waals surface area contributed by atoms with Gasteiger partial charge in [-0.15, -0.1) is 0 Å². The number of carbonyl (C=O) groups is 2. The Kier molecular flexibility index (Phi) is 4.08. The summed E-state index contributed by atoms with van der Waals surface area (Å²) < 4.78 is 4.30. The summed E-state index contributed by atoms with van der Waals surface area (Å²) in [7, 11) is 1.21. The average molecular weight is 203 g/mol. The van der Waals surface area contributed by atoms with Crippen LogP contribution in [0.25, 0.3) is 0 Å². The van der Waals surface area contributed by atoms with Crippen LogP contribution in [0.4, 0.5) is 0 Å². The summed E-state index contributed by atoms with van der Waals surface area (Å²) in [5.41, 5.74) is 0. The van der Waals surface area contributed by atoms with Crippen molar-refractivity contribution in [3.8, 4) is 0 Å². The molecule has 0 aromatic carbocycles. The van der Waals surface area contributed by atoms with E-state index in [4.69, 9.17) is 0 Å². The molecule has 1 fully saturated rings. The van der Waals surface area contributed by atoms with Gasteiger partial charge in [0.25, 0.3) is 0 Å². The van der Waals surface area contributed by atoms with Gasteiger partial charge in [0.2, 0.25) is 0 Å². The summed E-state index contributed by atoms with van der Waals surface area (Å²) in [4.78, 5) is 21.8. The van der Waals surface area contributed by atoms with Crippen molar-refractivity contribution in [2.45, 2.75) is 18.9 Å². The number of methoxy groups -OCH3 is 1. The van der Waals surface area contributed by atoms with Gasteiger partial charge in [0.1, 0.15) is 0 Å². The molecule has 1 aliphatic heterocycles. The zero-order valence-corrected chi connectivity index (χ0v) is 8.36. The zero-order valence-electron chi connectivity index (χ0n) is 7.54. The number of carbonyl (C=O) groups excluding carboxylic acids is 2. The largest absolute Gasteiger partial charge is 0.462 e. The first-order chi connectivity index (χ1) is 6.24. The van der Waals surface area contributed by atoms with Gasteiger partial charge in [0, 0.05) is 6.04 Å². The van der Waals surface area contributed by atoms with E-state index < -0.39 is 11.9 Å². The van der Waals surface area contributed by atoms with E-state index in [1.54, 1.807) is 0 Å². The van der Waals surface area contributed by atoms with E-state index in [0.717, 1.165) is 24.3 Å². The van der Waals surface area contributed by atoms with Crippen LogP contribution in [0.5, 0.6) is 0 Å². The van der Waals surface area contributed by atoms with Gasteiger partial charge in [0.15, 0.2) is 0 Å². The lowest BCUT2D eigenvalue weighted by atomic mass is 10.1. The molecule has 1 heterocycles. The van der Waals surface area contributed by atoms with Gasteiger partial charge in [-0.1, -0.05) is 0 Å². The number of nitrogens with one attached hydrogen (secondary N) is 1. The smallest absolute Gasteiger partial charge is 0.396 e. The van der Waals surface area contributed by atoms with Gasteiger partial charge in [0.05, 0.1) is 7.11 Å². The normalized spacial score (nSPS) is 17.9. The Bertz CT molecular complexity index is 202. The highest BCUT2D eigenvalue weighted by Crippen LogP contribution is 2.16. The minimum absolute atomic E-state index is 0.146. The van der Waals surface area contributed by atoms with E-state index >= 15 is 0 Å². The van der Waals surface area contributed by atoms with Crippen LogP contribution in [0.3, 0.4) is 0 Å². The first-order valence-corrected chi connectivity index (χ1v) is 5.36. The molecule has 0 aromatic rings. The number of rotatable bonds is 1. The number of hydrogen-bond acceptors (Lipinski definition) is 4. The van der Waals surface area contributed by atoms with Crippen LogP contribution in [0.2, 0.25) is 0 Å². The minimum Gasteiger partial charge on any atom is -0.462 e. The molecule has 0 unspecified atom stereocenters. The SMILES string of the molecule is COC(=O)C(=O)NC1CCSCC1. The van der Waals surface area contributed by atoms with Crippen molar-refractivity contribution in [2.75, 3.05) is 18.6 Å². The molecule has 0 saturated carbocycles. The summed E-state index contributed by atoms with van der Waals surface area (Å²) in [6.45, 7) is 0. The van der Waals surface area contributed by atoms with Gasteiger partial charge in [-0.3, -0.25) is 4.79 Å². The van der Waals surface area contributed by atoms with Gasteiger partial charge in [-0.05, 0) is 24.3 Å². The molecule has 1 N–H and O–H groups in total. The topological polar surface area (TPSA) is 55.4 Å². The average Bonchev–Trinajstić information content (AvgIpc) is 2.18. The highest BCUT2D eigenvalue weighted by Gasteiger charge is 2.20. The Hall–Kier alpha value is -0.710. The van der Waals surface area contributed by atoms with E-state index in [0.29, 0.717) is 0 Å². The van der Waals surface area contributed by atoms with Crippen LogP contribution in [0, 0.1) is 0 Å². The first-order valence-electron chi connectivity index (χ1n) is 4.20. The predicted octanol–water partition coefficient (Wildman–Crippen LogP) is 0.171. The van der Waals surface area contributed by atoms with Crippen LogP contribution >= 0.6 is 11.8 Å². The number of ether oxygens (including phenoxy) is 1. The maximum absolute atomic E-state index is 11.0. The molecule has 74 valence electrons. The second kappa shape index (κ2) is 5.11. The Morgan fingerprint density at radius 1 is 1.38 bits per heavy atom. The van der Waals surface area contributed by atoms with Gasteiger partial charge in [-0.25, -0.2) is 4.79 Å². The minimum atomic E-state index is -0.807. The second-order valence-corrected chi connectivity index (χ2v) is 4.08. The molecule has 0 spiro atoms. The van der Waals surface area contributed by atoms with Crippen molar-refractivity contribution in [3.05, 3.63) is 0 Å². The first kappa shape index (κ1) is 10.4. The van der Waals surface area contributed by atoms with E-state index in [1.165, 1.54) is 7.11 Å². The lowest BCUT2D eigenvalue weighted by Crippen LogP contribution is -2.41. The summed E-state index contributed by atoms with van der Waals surface area (Å²) in [5.74, 6) is 0.663. The molecule has 13 heavy (non-hydrogen) atoms. The Morgan fingerprint density at radius 2 is 2.00 bits per heavy atom.